The van der Waals surface area contributed by atoms with E-state index in [4.69, 9.17) is 0 Å². The molecule has 0 bridgehead atoms. The molecule has 0 N–H and O–H groups in total. The number of carbonyl (C=O) groups excluding carboxylic acids is 2. The molecular weight excluding hydrogens is 306 g/mol. The predicted molar refractivity (Wildman–Crippen MR) is 86.5 cm³/mol. The monoisotopic (exact) mass is 325 g/mol. The summed E-state index contributed by atoms with van der Waals surface area (Å²) in [4.78, 5) is 28.5. The number of piperidine rings is 1. The van der Waals surface area contributed by atoms with Crippen LogP contribution < -0.4 is 0 Å². The molecule has 124 valence electrons. The van der Waals surface area contributed by atoms with Crippen LogP contribution in [0.15, 0.2) is 36.5 Å². The van der Waals surface area contributed by atoms with Crippen molar-refractivity contribution < 1.29 is 9.59 Å². The molecule has 2 amide bonds. The second-order valence-electron chi connectivity index (χ2n) is 6.51. The van der Waals surface area contributed by atoms with Gasteiger partial charge in [-0.05, 0) is 24.5 Å². The van der Waals surface area contributed by atoms with E-state index in [9.17, 15) is 9.59 Å². The fourth-order valence-corrected chi connectivity index (χ4v) is 3.59. The Morgan fingerprint density at radius 3 is 2.79 bits per heavy atom. The maximum Gasteiger partial charge on any atom is 0.276 e. The van der Waals surface area contributed by atoms with Crippen molar-refractivity contribution in [2.75, 3.05) is 26.7 Å². The van der Waals surface area contributed by atoms with Crippen LogP contribution in [0.1, 0.15) is 16.9 Å². The lowest BCUT2D eigenvalue weighted by Crippen LogP contribution is -2.42. The molecule has 2 aliphatic rings. The van der Waals surface area contributed by atoms with Crippen molar-refractivity contribution in [1.82, 2.24) is 24.8 Å². The molecule has 2 aromatic rings. The van der Waals surface area contributed by atoms with Gasteiger partial charge in [-0.1, -0.05) is 23.4 Å². The van der Waals surface area contributed by atoms with E-state index < -0.39 is 0 Å². The molecule has 7 nitrogen and oxygen atoms in total. The summed E-state index contributed by atoms with van der Waals surface area (Å²) in [6, 6.07) is 9.55. The summed E-state index contributed by atoms with van der Waals surface area (Å²) >= 11 is 0. The third-order valence-corrected chi connectivity index (χ3v) is 4.99. The zero-order valence-corrected chi connectivity index (χ0v) is 13.5. The van der Waals surface area contributed by atoms with Crippen LogP contribution in [0.3, 0.4) is 0 Å². The lowest BCUT2D eigenvalue weighted by molar-refractivity contribution is -0.137. The summed E-state index contributed by atoms with van der Waals surface area (Å²) < 4.78 is 1.59. The van der Waals surface area contributed by atoms with E-state index in [0.29, 0.717) is 18.8 Å². The molecular formula is C17H19N5O2. The number of rotatable bonds is 2. The minimum Gasteiger partial charge on any atom is -0.345 e. The predicted octanol–water partition coefficient (Wildman–Crippen LogP) is 0.818. The van der Waals surface area contributed by atoms with Gasteiger partial charge in [-0.15, -0.1) is 5.10 Å². The van der Waals surface area contributed by atoms with Gasteiger partial charge in [0, 0.05) is 26.7 Å². The number of aromatic nitrogens is 3. The molecule has 24 heavy (non-hydrogen) atoms. The van der Waals surface area contributed by atoms with Gasteiger partial charge in [0.15, 0.2) is 5.69 Å². The van der Waals surface area contributed by atoms with Gasteiger partial charge in [-0.25, -0.2) is 4.68 Å². The highest BCUT2D eigenvalue weighted by atomic mass is 16.2. The number of benzene rings is 1. The first-order valence-electron chi connectivity index (χ1n) is 8.15. The Labute approximate surface area is 139 Å². The first-order chi connectivity index (χ1) is 11.6. The SMILES string of the molecule is CN1CC[C@@H]2CN(C(=O)c3cn(-c4ccccc4)nn3)C[C@@H]2C1=O. The van der Waals surface area contributed by atoms with E-state index >= 15 is 0 Å². The molecule has 4 rings (SSSR count). The van der Waals surface area contributed by atoms with Crippen LogP contribution in [0.5, 0.6) is 0 Å². The Balaban J connectivity index is 1.51. The van der Waals surface area contributed by atoms with Gasteiger partial charge in [-0.3, -0.25) is 9.59 Å². The fourth-order valence-electron chi connectivity index (χ4n) is 3.59. The minimum absolute atomic E-state index is 0.0723. The van der Waals surface area contributed by atoms with E-state index in [2.05, 4.69) is 10.3 Å². The molecule has 2 saturated heterocycles. The highest BCUT2D eigenvalue weighted by Gasteiger charge is 2.43. The average molecular weight is 325 g/mol. The Morgan fingerprint density at radius 1 is 1.21 bits per heavy atom. The fraction of sp³-hybridized carbons (Fsp3) is 0.412. The molecule has 1 aromatic carbocycles. The molecule has 2 atom stereocenters. The number of hydrogen-bond donors (Lipinski definition) is 0. The minimum atomic E-state index is -0.151. The van der Waals surface area contributed by atoms with Gasteiger partial charge in [0.2, 0.25) is 5.91 Å². The molecule has 0 spiro atoms. The highest BCUT2D eigenvalue weighted by Crippen LogP contribution is 2.32. The Hall–Kier alpha value is -2.70. The highest BCUT2D eigenvalue weighted by molar-refractivity contribution is 5.93. The van der Waals surface area contributed by atoms with Crippen LogP contribution in [-0.2, 0) is 4.79 Å². The van der Waals surface area contributed by atoms with Crippen molar-refractivity contribution in [3.63, 3.8) is 0 Å². The number of likely N-dealkylation sites (tertiary alicyclic amines) is 2. The molecule has 2 fully saturated rings. The molecule has 0 unspecified atom stereocenters. The Kier molecular flexibility index (Phi) is 3.55. The maximum atomic E-state index is 12.7. The van der Waals surface area contributed by atoms with Crippen molar-refractivity contribution in [2.24, 2.45) is 11.8 Å². The largest absolute Gasteiger partial charge is 0.345 e. The lowest BCUT2D eigenvalue weighted by Gasteiger charge is -2.30. The van der Waals surface area contributed by atoms with Crippen LogP contribution in [-0.4, -0.2) is 63.3 Å². The second kappa shape index (κ2) is 5.74. The lowest BCUT2D eigenvalue weighted by atomic mass is 9.88. The summed E-state index contributed by atoms with van der Waals surface area (Å²) in [6.07, 6.45) is 2.60. The summed E-state index contributed by atoms with van der Waals surface area (Å²) in [6.45, 7) is 1.87. The number of fused-ring (bicyclic) bond motifs is 1. The van der Waals surface area contributed by atoms with Crippen LogP contribution in [0, 0.1) is 11.8 Å². The van der Waals surface area contributed by atoms with Gasteiger partial charge < -0.3 is 9.80 Å². The molecule has 0 saturated carbocycles. The number of para-hydroxylation sites is 1. The van der Waals surface area contributed by atoms with E-state index in [1.807, 2.05) is 37.4 Å². The Morgan fingerprint density at radius 2 is 2.00 bits per heavy atom. The zero-order valence-electron chi connectivity index (χ0n) is 13.5. The molecule has 7 heteroatoms. The summed E-state index contributed by atoms with van der Waals surface area (Å²) in [5.74, 6) is 0.190. The van der Waals surface area contributed by atoms with Crippen molar-refractivity contribution in [1.29, 1.82) is 0 Å². The summed E-state index contributed by atoms with van der Waals surface area (Å²) in [5, 5.41) is 8.06. The molecule has 0 radical (unpaired) electrons. The second-order valence-corrected chi connectivity index (χ2v) is 6.51. The molecule has 0 aliphatic carbocycles. The van der Waals surface area contributed by atoms with Crippen molar-refractivity contribution in [2.45, 2.75) is 6.42 Å². The number of amides is 2. The Bertz CT molecular complexity index is 772. The van der Waals surface area contributed by atoms with Crippen LogP contribution >= 0.6 is 0 Å². The molecule has 3 heterocycles. The topological polar surface area (TPSA) is 71.3 Å². The van der Waals surface area contributed by atoms with E-state index in [1.54, 1.807) is 20.7 Å². The van der Waals surface area contributed by atoms with Crippen LogP contribution in [0.2, 0.25) is 0 Å². The van der Waals surface area contributed by atoms with E-state index in [1.165, 1.54) is 0 Å². The van der Waals surface area contributed by atoms with Crippen LogP contribution in [0.25, 0.3) is 5.69 Å². The zero-order chi connectivity index (χ0) is 16.7. The molecule has 1 aromatic heterocycles. The van der Waals surface area contributed by atoms with E-state index in [-0.39, 0.29) is 23.7 Å². The standard InChI is InChI=1S/C17H19N5O2/c1-20-8-7-12-9-21(10-14(12)16(20)23)17(24)15-11-22(19-18-15)13-5-3-2-4-6-13/h2-6,11-12,14H,7-10H2,1H3/t12-,14+/m1/s1. The number of hydrogen-bond acceptors (Lipinski definition) is 4. The van der Waals surface area contributed by atoms with Crippen LogP contribution in [0.4, 0.5) is 0 Å². The quantitative estimate of drug-likeness (QED) is 0.819. The van der Waals surface area contributed by atoms with Gasteiger partial charge in [0.25, 0.3) is 5.91 Å². The number of carbonyl (C=O) groups is 2. The van der Waals surface area contributed by atoms with Gasteiger partial charge >= 0.3 is 0 Å². The summed E-state index contributed by atoms with van der Waals surface area (Å²) in [7, 11) is 1.83. The van der Waals surface area contributed by atoms with Gasteiger partial charge in [0.1, 0.15) is 0 Å². The summed E-state index contributed by atoms with van der Waals surface area (Å²) in [5.41, 5.74) is 1.18. The third kappa shape index (κ3) is 2.46. The first-order valence-corrected chi connectivity index (χ1v) is 8.15. The van der Waals surface area contributed by atoms with Crippen molar-refractivity contribution in [3.8, 4) is 5.69 Å². The average Bonchev–Trinajstić information content (AvgIpc) is 3.26. The number of nitrogens with zero attached hydrogens (tertiary/aromatic N) is 5. The third-order valence-electron chi connectivity index (χ3n) is 4.99. The van der Waals surface area contributed by atoms with Crippen molar-refractivity contribution in [3.05, 3.63) is 42.2 Å². The maximum absolute atomic E-state index is 12.7. The smallest absolute Gasteiger partial charge is 0.276 e. The van der Waals surface area contributed by atoms with Crippen molar-refractivity contribution >= 4 is 11.8 Å². The van der Waals surface area contributed by atoms with E-state index in [0.717, 1.165) is 18.7 Å². The normalized spacial score (nSPS) is 23.5. The van der Waals surface area contributed by atoms with Gasteiger partial charge in [-0.2, -0.15) is 0 Å². The molecule has 2 aliphatic heterocycles. The van der Waals surface area contributed by atoms with Gasteiger partial charge in [0.05, 0.1) is 17.8 Å². The first kappa shape index (κ1) is 14.9.